The molecule has 2 unspecified atom stereocenters. The molecule has 4 nitrogen and oxygen atoms in total. The minimum atomic E-state index is 0.250. The number of guanidine groups is 1. The van der Waals surface area contributed by atoms with Gasteiger partial charge in [0.25, 0.3) is 0 Å². The van der Waals surface area contributed by atoms with Crippen molar-refractivity contribution in [3.63, 3.8) is 0 Å². The first kappa shape index (κ1) is 14.1. The fourth-order valence-electron chi connectivity index (χ4n) is 2.12. The molecule has 1 aromatic heterocycles. The maximum absolute atomic E-state index is 5.91. The van der Waals surface area contributed by atoms with Crippen molar-refractivity contribution < 1.29 is 0 Å². The van der Waals surface area contributed by atoms with E-state index >= 15 is 0 Å². The van der Waals surface area contributed by atoms with Crippen LogP contribution in [0.15, 0.2) is 22.1 Å². The summed E-state index contributed by atoms with van der Waals surface area (Å²) in [5.74, 6) is 1.93. The highest BCUT2D eigenvalue weighted by molar-refractivity contribution is 7.16. The molecular weight excluding hydrogens is 256 g/mol. The van der Waals surface area contributed by atoms with Gasteiger partial charge in [0.05, 0.1) is 11.0 Å². The molecule has 0 aromatic carbocycles. The molecule has 2 rings (SSSR count). The van der Waals surface area contributed by atoms with E-state index in [0.717, 1.165) is 18.7 Å². The van der Waals surface area contributed by atoms with E-state index in [9.17, 15) is 0 Å². The monoisotopic (exact) mass is 278 g/mol. The molecule has 19 heavy (non-hydrogen) atoms. The molecule has 104 valence electrons. The van der Waals surface area contributed by atoms with Crippen molar-refractivity contribution in [2.75, 3.05) is 11.9 Å². The Labute approximate surface area is 119 Å². The molecule has 0 fully saturated rings. The number of aryl methyl sites for hydroxylation is 1. The summed E-state index contributed by atoms with van der Waals surface area (Å²) < 4.78 is 0. The maximum Gasteiger partial charge on any atom is 0.217 e. The van der Waals surface area contributed by atoms with Gasteiger partial charge in [-0.2, -0.15) is 0 Å². The van der Waals surface area contributed by atoms with Crippen LogP contribution in [0.25, 0.3) is 0 Å². The Bertz CT molecular complexity index is 503. The molecule has 2 atom stereocenters. The van der Waals surface area contributed by atoms with Gasteiger partial charge in [-0.1, -0.05) is 6.92 Å². The molecule has 1 aromatic rings. The lowest BCUT2D eigenvalue weighted by Gasteiger charge is -2.24. The predicted molar refractivity (Wildman–Crippen MR) is 84.4 cm³/mol. The topological polar surface area (TPSA) is 54.0 Å². The van der Waals surface area contributed by atoms with Gasteiger partial charge < -0.3 is 10.6 Å². The van der Waals surface area contributed by atoms with Crippen LogP contribution in [0.5, 0.6) is 0 Å². The van der Waals surface area contributed by atoms with Gasteiger partial charge in [0, 0.05) is 18.3 Å². The molecule has 0 bridgehead atoms. The van der Waals surface area contributed by atoms with E-state index in [1.54, 1.807) is 11.3 Å². The average Bonchev–Trinajstić information content (AvgIpc) is 2.78. The number of amidine groups is 1. The van der Waals surface area contributed by atoms with E-state index in [0.29, 0.717) is 11.9 Å². The molecular formula is C14H22N4S. The Hall–Kier alpha value is -1.36. The van der Waals surface area contributed by atoms with Crippen molar-refractivity contribution in [2.24, 2.45) is 21.6 Å². The Morgan fingerprint density at radius 1 is 1.37 bits per heavy atom. The van der Waals surface area contributed by atoms with Gasteiger partial charge in [-0.3, -0.25) is 0 Å². The Morgan fingerprint density at radius 3 is 2.74 bits per heavy atom. The molecule has 1 aliphatic heterocycles. The van der Waals surface area contributed by atoms with Crippen molar-refractivity contribution in [1.82, 2.24) is 0 Å². The highest BCUT2D eigenvalue weighted by Crippen LogP contribution is 2.26. The minimum Gasteiger partial charge on any atom is -0.368 e. The van der Waals surface area contributed by atoms with Crippen LogP contribution in [-0.4, -0.2) is 24.9 Å². The molecule has 2 N–H and O–H groups in total. The largest absolute Gasteiger partial charge is 0.368 e. The molecule has 0 amide bonds. The second kappa shape index (κ2) is 5.74. The standard InChI is InChI=1S/C14H22N4S/c1-9-5-7-12(17-14(15)16-11(9)3)18(4)13-8-6-10(2)19-13/h6,8-9,11H,5,7H2,1-4H3,(H2,15,16). The lowest BCUT2D eigenvalue weighted by atomic mass is 9.97. The molecule has 0 aliphatic carbocycles. The molecule has 0 spiro atoms. The summed E-state index contributed by atoms with van der Waals surface area (Å²) in [5.41, 5.74) is 5.91. The third kappa shape index (κ3) is 3.35. The van der Waals surface area contributed by atoms with Crippen LogP contribution >= 0.6 is 11.3 Å². The summed E-state index contributed by atoms with van der Waals surface area (Å²) >= 11 is 1.77. The number of thiophene rings is 1. The second-order valence-corrected chi connectivity index (χ2v) is 6.48. The molecule has 2 heterocycles. The third-order valence-electron chi connectivity index (χ3n) is 3.67. The van der Waals surface area contributed by atoms with Crippen molar-refractivity contribution in [3.8, 4) is 0 Å². The highest BCUT2D eigenvalue weighted by Gasteiger charge is 2.19. The number of aliphatic imine (C=N–C) groups is 2. The maximum atomic E-state index is 5.91. The fourth-order valence-corrected chi connectivity index (χ4v) is 2.97. The van der Waals surface area contributed by atoms with Crippen LogP contribution in [0.4, 0.5) is 5.00 Å². The van der Waals surface area contributed by atoms with Gasteiger partial charge in [-0.25, -0.2) is 9.98 Å². The zero-order chi connectivity index (χ0) is 14.0. The molecule has 5 heteroatoms. The normalized spacial score (nSPS) is 24.2. The van der Waals surface area contributed by atoms with E-state index in [1.807, 2.05) is 7.05 Å². The first-order valence-electron chi connectivity index (χ1n) is 6.68. The molecule has 1 aliphatic rings. The first-order valence-corrected chi connectivity index (χ1v) is 7.50. The van der Waals surface area contributed by atoms with E-state index in [1.165, 1.54) is 9.88 Å². The summed E-state index contributed by atoms with van der Waals surface area (Å²) in [6.07, 6.45) is 2.03. The second-order valence-electron chi connectivity index (χ2n) is 5.22. The van der Waals surface area contributed by atoms with E-state index < -0.39 is 0 Å². The number of hydrogen-bond acceptors (Lipinski definition) is 5. The van der Waals surface area contributed by atoms with Crippen LogP contribution in [-0.2, 0) is 0 Å². The van der Waals surface area contributed by atoms with Crippen LogP contribution < -0.4 is 10.6 Å². The molecule has 0 radical (unpaired) electrons. The van der Waals surface area contributed by atoms with E-state index in [4.69, 9.17) is 5.73 Å². The summed E-state index contributed by atoms with van der Waals surface area (Å²) in [7, 11) is 2.05. The van der Waals surface area contributed by atoms with Crippen LogP contribution in [0.2, 0.25) is 0 Å². The van der Waals surface area contributed by atoms with Crippen molar-refractivity contribution in [1.29, 1.82) is 0 Å². The number of hydrogen-bond donors (Lipinski definition) is 1. The van der Waals surface area contributed by atoms with Gasteiger partial charge in [-0.15, -0.1) is 11.3 Å². The van der Waals surface area contributed by atoms with Gasteiger partial charge >= 0.3 is 0 Å². The van der Waals surface area contributed by atoms with Gasteiger partial charge in [0.1, 0.15) is 5.84 Å². The molecule has 0 saturated carbocycles. The van der Waals surface area contributed by atoms with Crippen LogP contribution in [0, 0.1) is 12.8 Å². The van der Waals surface area contributed by atoms with Crippen molar-refractivity contribution in [3.05, 3.63) is 17.0 Å². The number of nitrogens with two attached hydrogens (primary N) is 1. The van der Waals surface area contributed by atoms with Crippen molar-refractivity contribution in [2.45, 2.75) is 39.7 Å². The zero-order valence-corrected chi connectivity index (χ0v) is 12.9. The van der Waals surface area contributed by atoms with Gasteiger partial charge in [0.2, 0.25) is 5.96 Å². The Balaban J connectivity index is 2.25. The van der Waals surface area contributed by atoms with Gasteiger partial charge in [0.15, 0.2) is 0 Å². The Morgan fingerprint density at radius 2 is 2.11 bits per heavy atom. The third-order valence-corrected chi connectivity index (χ3v) is 4.75. The quantitative estimate of drug-likeness (QED) is 0.858. The zero-order valence-electron chi connectivity index (χ0n) is 12.1. The fraction of sp³-hybridized carbons (Fsp3) is 0.571. The minimum absolute atomic E-state index is 0.250. The lowest BCUT2D eigenvalue weighted by molar-refractivity contribution is 0.457. The SMILES string of the molecule is Cc1ccc(N(C)C2=NC(N)=NC(C)C(C)CC2)s1. The van der Waals surface area contributed by atoms with Gasteiger partial charge in [-0.05, 0) is 38.3 Å². The highest BCUT2D eigenvalue weighted by atomic mass is 32.1. The lowest BCUT2D eigenvalue weighted by Crippen LogP contribution is -2.31. The number of nitrogens with zero attached hydrogens (tertiary/aromatic N) is 3. The predicted octanol–water partition coefficient (Wildman–Crippen LogP) is 3.02. The summed E-state index contributed by atoms with van der Waals surface area (Å²) in [4.78, 5) is 12.3. The van der Waals surface area contributed by atoms with Crippen LogP contribution in [0.3, 0.4) is 0 Å². The summed E-state index contributed by atoms with van der Waals surface area (Å²) in [6, 6.07) is 4.50. The number of rotatable bonds is 1. The van der Waals surface area contributed by atoms with E-state index in [2.05, 4.69) is 47.8 Å². The average molecular weight is 278 g/mol. The van der Waals surface area contributed by atoms with Crippen LogP contribution in [0.1, 0.15) is 31.6 Å². The Kier molecular flexibility index (Phi) is 4.24. The summed E-state index contributed by atoms with van der Waals surface area (Å²) in [5, 5.41) is 1.20. The van der Waals surface area contributed by atoms with Crippen molar-refractivity contribution >= 4 is 28.1 Å². The first-order chi connectivity index (χ1) is 8.97. The summed E-state index contributed by atoms with van der Waals surface area (Å²) in [6.45, 7) is 6.44. The number of anilines is 1. The van der Waals surface area contributed by atoms with E-state index in [-0.39, 0.29) is 6.04 Å². The molecule has 0 saturated heterocycles. The smallest absolute Gasteiger partial charge is 0.217 e.